The lowest BCUT2D eigenvalue weighted by molar-refractivity contribution is -0.137. The first kappa shape index (κ1) is 21.3. The molecule has 2 atom stereocenters. The molecule has 32 heavy (non-hydrogen) atoms. The van der Waals surface area contributed by atoms with E-state index in [0.29, 0.717) is 11.4 Å². The molecule has 2 aromatic carbocycles. The summed E-state index contributed by atoms with van der Waals surface area (Å²) in [5, 5.41) is 10.9. The minimum Gasteiger partial charge on any atom is -0.497 e. The number of ether oxygens (including phenoxy) is 1. The van der Waals surface area contributed by atoms with E-state index in [0.717, 1.165) is 28.1 Å². The smallest absolute Gasteiger partial charge is 0.416 e. The van der Waals surface area contributed by atoms with E-state index < -0.39 is 48.1 Å². The lowest BCUT2D eigenvalue weighted by Gasteiger charge is -2.20. The summed E-state index contributed by atoms with van der Waals surface area (Å²) < 4.78 is 43.6. The van der Waals surface area contributed by atoms with E-state index in [4.69, 9.17) is 4.74 Å². The van der Waals surface area contributed by atoms with Crippen LogP contribution in [0.5, 0.6) is 5.75 Å². The van der Waals surface area contributed by atoms with Crippen LogP contribution in [0, 0.1) is 0 Å². The van der Waals surface area contributed by atoms with Crippen LogP contribution in [0.1, 0.15) is 5.56 Å². The van der Waals surface area contributed by atoms with Gasteiger partial charge in [-0.15, -0.1) is 0 Å². The number of anilines is 2. The molecular formula is C20H16F3N5O4. The van der Waals surface area contributed by atoms with E-state index in [1.54, 1.807) is 12.1 Å². The van der Waals surface area contributed by atoms with Crippen LogP contribution in [0.3, 0.4) is 0 Å². The standard InChI is InChI=1S/C20H16F3N5O4/c1-32-14-7-5-13(6-8-14)28-18(30)16-17(19(28)31)27(26-25-16)10-15(29)24-12-4-2-3-11(9-12)20(21,22)23/h2-9,16-17H,10H2,1H3,(H,24,29). The van der Waals surface area contributed by atoms with Crippen molar-refractivity contribution in [2.45, 2.75) is 18.3 Å². The third-order valence-corrected chi connectivity index (χ3v) is 4.97. The highest BCUT2D eigenvalue weighted by molar-refractivity contribution is 6.25. The molecule has 12 heteroatoms. The van der Waals surface area contributed by atoms with Crippen LogP contribution in [-0.2, 0) is 20.6 Å². The fourth-order valence-electron chi connectivity index (χ4n) is 3.46. The van der Waals surface area contributed by atoms with E-state index in [2.05, 4.69) is 15.7 Å². The molecule has 2 heterocycles. The average Bonchev–Trinajstić information content (AvgIpc) is 3.27. The number of fused-ring (bicyclic) bond motifs is 1. The van der Waals surface area contributed by atoms with Gasteiger partial charge in [0.2, 0.25) is 5.91 Å². The van der Waals surface area contributed by atoms with E-state index >= 15 is 0 Å². The SMILES string of the molecule is COc1ccc(N2C(=O)C3N=NN(CC(=O)Nc4cccc(C(F)(F)F)c4)C3C2=O)cc1. The van der Waals surface area contributed by atoms with Crippen LogP contribution in [-0.4, -0.2) is 48.5 Å². The Bertz CT molecular complexity index is 1100. The van der Waals surface area contributed by atoms with Crippen molar-refractivity contribution in [1.82, 2.24) is 5.01 Å². The minimum atomic E-state index is -4.56. The van der Waals surface area contributed by atoms with Gasteiger partial charge in [-0.1, -0.05) is 11.3 Å². The molecule has 0 bridgehead atoms. The van der Waals surface area contributed by atoms with Crippen molar-refractivity contribution in [3.63, 3.8) is 0 Å². The van der Waals surface area contributed by atoms with Gasteiger partial charge in [0.1, 0.15) is 12.3 Å². The molecule has 0 spiro atoms. The Morgan fingerprint density at radius 2 is 1.84 bits per heavy atom. The molecule has 166 valence electrons. The van der Waals surface area contributed by atoms with Crippen molar-refractivity contribution in [3.8, 4) is 5.75 Å². The number of hydrogen-bond acceptors (Lipinski definition) is 7. The minimum absolute atomic E-state index is 0.0637. The van der Waals surface area contributed by atoms with Gasteiger partial charge in [-0.25, -0.2) is 4.90 Å². The quantitative estimate of drug-likeness (QED) is 0.710. The lowest BCUT2D eigenvalue weighted by atomic mass is 10.1. The summed E-state index contributed by atoms with van der Waals surface area (Å²) in [6, 6.07) is 8.18. The van der Waals surface area contributed by atoms with Gasteiger partial charge in [0.15, 0.2) is 12.1 Å². The highest BCUT2D eigenvalue weighted by atomic mass is 19.4. The highest BCUT2D eigenvalue weighted by Gasteiger charge is 2.55. The summed E-state index contributed by atoms with van der Waals surface area (Å²) in [4.78, 5) is 38.9. The summed E-state index contributed by atoms with van der Waals surface area (Å²) in [7, 11) is 1.48. The second-order valence-electron chi connectivity index (χ2n) is 7.03. The molecule has 1 N–H and O–H groups in total. The number of alkyl halides is 3. The van der Waals surface area contributed by atoms with Gasteiger partial charge in [0, 0.05) is 5.69 Å². The number of methoxy groups -OCH3 is 1. The molecule has 9 nitrogen and oxygen atoms in total. The van der Waals surface area contributed by atoms with Crippen LogP contribution >= 0.6 is 0 Å². The molecule has 2 unspecified atom stereocenters. The number of amides is 3. The largest absolute Gasteiger partial charge is 0.497 e. The predicted octanol–water partition coefficient (Wildman–Crippen LogP) is 2.65. The van der Waals surface area contributed by atoms with Gasteiger partial charge in [-0.2, -0.15) is 18.3 Å². The Balaban J connectivity index is 1.46. The first-order valence-electron chi connectivity index (χ1n) is 9.35. The molecule has 1 saturated heterocycles. The molecular weight excluding hydrogens is 431 g/mol. The van der Waals surface area contributed by atoms with Gasteiger partial charge in [-0.05, 0) is 42.5 Å². The fourth-order valence-corrected chi connectivity index (χ4v) is 3.46. The number of imide groups is 1. The molecule has 1 fully saturated rings. The molecule has 2 aliphatic rings. The van der Waals surface area contributed by atoms with Gasteiger partial charge in [-0.3, -0.25) is 19.4 Å². The van der Waals surface area contributed by atoms with Crippen molar-refractivity contribution in [2.24, 2.45) is 10.3 Å². The number of rotatable bonds is 5. The second kappa shape index (κ2) is 7.94. The Hall–Kier alpha value is -3.96. The summed E-state index contributed by atoms with van der Waals surface area (Å²) in [6.45, 7) is -0.476. The Morgan fingerprint density at radius 1 is 1.12 bits per heavy atom. The molecule has 0 aromatic heterocycles. The van der Waals surface area contributed by atoms with Gasteiger partial charge in [0.25, 0.3) is 11.8 Å². The van der Waals surface area contributed by atoms with Crippen molar-refractivity contribution in [1.29, 1.82) is 0 Å². The molecule has 2 aromatic rings. The first-order chi connectivity index (χ1) is 15.2. The zero-order valence-corrected chi connectivity index (χ0v) is 16.5. The molecule has 0 aliphatic carbocycles. The normalized spacial score (nSPS) is 20.0. The number of halogens is 3. The van der Waals surface area contributed by atoms with Gasteiger partial charge < -0.3 is 10.1 Å². The van der Waals surface area contributed by atoms with E-state index in [1.165, 1.54) is 25.3 Å². The van der Waals surface area contributed by atoms with Crippen molar-refractivity contribution in [2.75, 3.05) is 23.9 Å². The van der Waals surface area contributed by atoms with Gasteiger partial charge >= 0.3 is 6.18 Å². The first-order valence-corrected chi connectivity index (χ1v) is 9.35. The number of carbonyl (C=O) groups is 3. The van der Waals surface area contributed by atoms with Crippen molar-refractivity contribution < 1.29 is 32.3 Å². The molecule has 2 aliphatic heterocycles. The number of nitrogens with one attached hydrogen (secondary N) is 1. The third kappa shape index (κ3) is 3.86. The summed E-state index contributed by atoms with van der Waals surface area (Å²) in [6.07, 6.45) is -4.56. The maximum atomic E-state index is 12.9. The van der Waals surface area contributed by atoms with Crippen LogP contribution in [0.25, 0.3) is 0 Å². The molecule has 4 rings (SSSR count). The Kier molecular flexibility index (Phi) is 5.28. The van der Waals surface area contributed by atoms with Crippen LogP contribution < -0.4 is 15.0 Å². The molecule has 3 amide bonds. The highest BCUT2D eigenvalue weighted by Crippen LogP contribution is 2.33. The topological polar surface area (TPSA) is 104 Å². The second-order valence-corrected chi connectivity index (χ2v) is 7.03. The zero-order valence-electron chi connectivity index (χ0n) is 16.5. The monoisotopic (exact) mass is 447 g/mol. The maximum absolute atomic E-state index is 12.9. The van der Waals surface area contributed by atoms with E-state index in [1.807, 2.05) is 0 Å². The lowest BCUT2D eigenvalue weighted by Crippen LogP contribution is -2.43. The van der Waals surface area contributed by atoms with Crippen molar-refractivity contribution in [3.05, 3.63) is 54.1 Å². The van der Waals surface area contributed by atoms with Crippen LogP contribution in [0.2, 0.25) is 0 Å². The number of nitrogens with zero attached hydrogens (tertiary/aromatic N) is 4. The maximum Gasteiger partial charge on any atom is 0.416 e. The summed E-state index contributed by atoms with van der Waals surface area (Å²) >= 11 is 0. The summed E-state index contributed by atoms with van der Waals surface area (Å²) in [5.41, 5.74) is -0.659. The third-order valence-electron chi connectivity index (χ3n) is 4.97. The summed E-state index contributed by atoms with van der Waals surface area (Å²) in [5.74, 6) is -1.37. The van der Waals surface area contributed by atoms with Crippen LogP contribution in [0.15, 0.2) is 58.9 Å². The Labute approximate surface area is 179 Å². The predicted molar refractivity (Wildman–Crippen MR) is 105 cm³/mol. The number of carbonyl (C=O) groups excluding carboxylic acids is 3. The molecule has 0 radical (unpaired) electrons. The zero-order chi connectivity index (χ0) is 23.0. The van der Waals surface area contributed by atoms with E-state index in [9.17, 15) is 27.6 Å². The van der Waals surface area contributed by atoms with Crippen LogP contribution in [0.4, 0.5) is 24.5 Å². The van der Waals surface area contributed by atoms with Gasteiger partial charge in [0.05, 0.1) is 18.4 Å². The average molecular weight is 447 g/mol. The fraction of sp³-hybridized carbons (Fsp3) is 0.250. The Morgan fingerprint density at radius 3 is 2.50 bits per heavy atom. The number of hydrogen-bond donors (Lipinski definition) is 1. The molecule has 0 saturated carbocycles. The number of benzene rings is 2. The van der Waals surface area contributed by atoms with Crippen molar-refractivity contribution >= 4 is 29.1 Å². The van der Waals surface area contributed by atoms with E-state index in [-0.39, 0.29) is 5.69 Å².